The molecule has 28 heavy (non-hydrogen) atoms. The molecule has 5 nitrogen and oxygen atoms in total. The van der Waals surface area contributed by atoms with Crippen LogP contribution < -0.4 is 5.32 Å². The Bertz CT molecular complexity index is 1000. The van der Waals surface area contributed by atoms with Crippen LogP contribution in [0.15, 0.2) is 47.6 Å². The van der Waals surface area contributed by atoms with Crippen LogP contribution >= 0.6 is 23.4 Å². The number of carbonyl (C=O) groups is 1. The minimum atomic E-state index is -0.0504. The molecule has 3 aromatic rings. The number of nitrogens with one attached hydrogen (secondary N) is 1. The van der Waals surface area contributed by atoms with Crippen LogP contribution in [0.4, 0.5) is 0 Å². The minimum Gasteiger partial charge on any atom is -0.349 e. The summed E-state index contributed by atoms with van der Waals surface area (Å²) in [6.07, 6.45) is 0. The van der Waals surface area contributed by atoms with E-state index < -0.39 is 0 Å². The highest BCUT2D eigenvalue weighted by Crippen LogP contribution is 2.28. The van der Waals surface area contributed by atoms with Gasteiger partial charge in [0.15, 0.2) is 11.0 Å². The summed E-state index contributed by atoms with van der Waals surface area (Å²) in [5.41, 5.74) is 4.38. The van der Waals surface area contributed by atoms with E-state index in [-0.39, 0.29) is 17.7 Å². The summed E-state index contributed by atoms with van der Waals surface area (Å²) < 4.78 is 1.85. The fourth-order valence-electron chi connectivity index (χ4n) is 2.85. The topological polar surface area (TPSA) is 59.8 Å². The fourth-order valence-corrected chi connectivity index (χ4v) is 3.79. The molecule has 1 N–H and O–H groups in total. The molecule has 0 aliphatic carbocycles. The molecule has 1 amide bonds. The van der Waals surface area contributed by atoms with Gasteiger partial charge in [-0.2, -0.15) is 0 Å². The molecule has 0 unspecified atom stereocenters. The van der Waals surface area contributed by atoms with Gasteiger partial charge in [-0.25, -0.2) is 0 Å². The van der Waals surface area contributed by atoms with Crippen molar-refractivity contribution in [2.45, 2.75) is 32.0 Å². The van der Waals surface area contributed by atoms with E-state index in [0.717, 1.165) is 11.1 Å². The first-order valence-corrected chi connectivity index (χ1v) is 10.4. The zero-order chi connectivity index (χ0) is 20.3. The van der Waals surface area contributed by atoms with Crippen molar-refractivity contribution >= 4 is 29.3 Å². The van der Waals surface area contributed by atoms with Crippen molar-refractivity contribution in [3.05, 3.63) is 64.2 Å². The van der Waals surface area contributed by atoms with Crippen molar-refractivity contribution in [2.24, 2.45) is 7.05 Å². The Kier molecular flexibility index (Phi) is 6.42. The summed E-state index contributed by atoms with van der Waals surface area (Å²) >= 11 is 7.61. The summed E-state index contributed by atoms with van der Waals surface area (Å²) in [5.74, 6) is 0.902. The Hall–Kier alpha value is -2.31. The molecule has 1 atom stereocenters. The first kappa shape index (κ1) is 20.4. The third-order valence-corrected chi connectivity index (χ3v) is 6.04. The van der Waals surface area contributed by atoms with Gasteiger partial charge in [-0.3, -0.25) is 4.79 Å². The van der Waals surface area contributed by atoms with E-state index in [1.54, 1.807) is 0 Å². The van der Waals surface area contributed by atoms with Crippen molar-refractivity contribution in [1.82, 2.24) is 20.1 Å². The Labute approximate surface area is 174 Å². The molecule has 1 aromatic heterocycles. The molecule has 0 spiro atoms. The monoisotopic (exact) mass is 414 g/mol. The lowest BCUT2D eigenvalue weighted by Crippen LogP contribution is -2.28. The second-order valence-corrected chi connectivity index (χ2v) is 8.12. The van der Waals surface area contributed by atoms with Crippen LogP contribution in [0.1, 0.15) is 29.7 Å². The van der Waals surface area contributed by atoms with E-state index in [9.17, 15) is 4.79 Å². The quantitative estimate of drug-likeness (QED) is 0.593. The molecular formula is C21H23ClN4OS. The van der Waals surface area contributed by atoms with Crippen molar-refractivity contribution < 1.29 is 4.79 Å². The number of nitrogens with zero attached hydrogens (tertiary/aromatic N) is 3. The number of amides is 1. The average molecular weight is 415 g/mol. The van der Waals surface area contributed by atoms with E-state index in [0.29, 0.717) is 16.0 Å². The molecule has 7 heteroatoms. The van der Waals surface area contributed by atoms with Gasteiger partial charge in [-0.15, -0.1) is 10.2 Å². The van der Waals surface area contributed by atoms with Crippen LogP contribution in [0.25, 0.3) is 11.4 Å². The number of hydrogen-bond acceptors (Lipinski definition) is 4. The van der Waals surface area contributed by atoms with Crippen LogP contribution in [-0.4, -0.2) is 26.4 Å². The molecule has 0 bridgehead atoms. The highest BCUT2D eigenvalue weighted by molar-refractivity contribution is 7.99. The number of thioether (sulfide) groups is 1. The lowest BCUT2D eigenvalue weighted by molar-refractivity contribution is -0.119. The van der Waals surface area contributed by atoms with Crippen LogP contribution in [0.2, 0.25) is 5.02 Å². The maximum atomic E-state index is 12.4. The molecule has 0 saturated heterocycles. The average Bonchev–Trinajstić information content (AvgIpc) is 3.03. The molecule has 0 fully saturated rings. The fraction of sp³-hybridized carbons (Fsp3) is 0.286. The standard InChI is InChI=1S/C21H23ClN4OS/c1-13-9-10-16(11-14(13)2)15(3)23-19(27)12-28-21-25-24-20(26(21)4)17-7-5-6-8-18(17)22/h5-11,15H,12H2,1-4H3,(H,23,27)/t15-/m0/s1. The predicted octanol–water partition coefficient (Wildman–Crippen LogP) is 4.72. The third kappa shape index (κ3) is 4.56. The largest absolute Gasteiger partial charge is 0.349 e. The van der Waals surface area contributed by atoms with Crippen molar-refractivity contribution in [3.8, 4) is 11.4 Å². The zero-order valence-electron chi connectivity index (χ0n) is 16.4. The Balaban J connectivity index is 1.62. The van der Waals surface area contributed by atoms with E-state index in [1.807, 2.05) is 42.8 Å². The number of benzene rings is 2. The van der Waals surface area contributed by atoms with Crippen LogP contribution in [0, 0.1) is 13.8 Å². The first-order valence-electron chi connectivity index (χ1n) is 9.00. The molecule has 2 aromatic carbocycles. The van der Waals surface area contributed by atoms with Crippen molar-refractivity contribution in [2.75, 3.05) is 5.75 Å². The lowest BCUT2D eigenvalue weighted by atomic mass is 10.0. The smallest absolute Gasteiger partial charge is 0.230 e. The molecule has 0 aliphatic heterocycles. The van der Waals surface area contributed by atoms with E-state index in [4.69, 9.17) is 11.6 Å². The van der Waals surface area contributed by atoms with Gasteiger partial charge in [0.1, 0.15) is 0 Å². The maximum Gasteiger partial charge on any atom is 0.230 e. The van der Waals surface area contributed by atoms with Gasteiger partial charge in [-0.1, -0.05) is 53.7 Å². The second kappa shape index (κ2) is 8.80. The van der Waals surface area contributed by atoms with Crippen molar-refractivity contribution in [3.63, 3.8) is 0 Å². The van der Waals surface area contributed by atoms with Gasteiger partial charge in [0.25, 0.3) is 0 Å². The Morgan fingerprint density at radius 1 is 1.18 bits per heavy atom. The van der Waals surface area contributed by atoms with Gasteiger partial charge in [-0.05, 0) is 49.6 Å². The molecule has 0 radical (unpaired) electrons. The Morgan fingerprint density at radius 3 is 2.64 bits per heavy atom. The van der Waals surface area contributed by atoms with Crippen LogP contribution in [0.3, 0.4) is 0 Å². The molecule has 3 rings (SSSR count). The number of hydrogen-bond donors (Lipinski definition) is 1. The summed E-state index contributed by atoms with van der Waals surface area (Å²) in [5, 5.41) is 12.8. The lowest BCUT2D eigenvalue weighted by Gasteiger charge is -2.15. The second-order valence-electron chi connectivity index (χ2n) is 6.77. The number of carbonyl (C=O) groups excluding carboxylic acids is 1. The first-order chi connectivity index (χ1) is 13.4. The molecular weight excluding hydrogens is 392 g/mol. The number of halogens is 1. The highest BCUT2D eigenvalue weighted by atomic mass is 35.5. The van der Waals surface area contributed by atoms with E-state index in [1.165, 1.54) is 22.9 Å². The van der Waals surface area contributed by atoms with Crippen LogP contribution in [0.5, 0.6) is 0 Å². The highest BCUT2D eigenvalue weighted by Gasteiger charge is 2.16. The normalized spacial score (nSPS) is 12.0. The summed E-state index contributed by atoms with van der Waals surface area (Å²) in [7, 11) is 1.87. The summed E-state index contributed by atoms with van der Waals surface area (Å²) in [4.78, 5) is 12.4. The van der Waals surface area contributed by atoms with Gasteiger partial charge >= 0.3 is 0 Å². The predicted molar refractivity (Wildman–Crippen MR) is 115 cm³/mol. The third-order valence-electron chi connectivity index (χ3n) is 4.69. The van der Waals surface area contributed by atoms with Crippen LogP contribution in [-0.2, 0) is 11.8 Å². The van der Waals surface area contributed by atoms with E-state index in [2.05, 4.69) is 47.6 Å². The van der Waals surface area contributed by atoms with Crippen molar-refractivity contribution in [1.29, 1.82) is 0 Å². The van der Waals surface area contributed by atoms with Gasteiger partial charge < -0.3 is 9.88 Å². The number of aryl methyl sites for hydroxylation is 2. The SMILES string of the molecule is Cc1ccc([C@H](C)NC(=O)CSc2nnc(-c3ccccc3Cl)n2C)cc1C. The molecule has 146 valence electrons. The molecule has 0 saturated carbocycles. The number of rotatable bonds is 6. The summed E-state index contributed by atoms with van der Waals surface area (Å²) in [6, 6.07) is 13.7. The van der Waals surface area contributed by atoms with Gasteiger partial charge in [0.05, 0.1) is 16.8 Å². The summed E-state index contributed by atoms with van der Waals surface area (Å²) in [6.45, 7) is 6.15. The van der Waals surface area contributed by atoms with Gasteiger partial charge in [0.2, 0.25) is 5.91 Å². The molecule has 0 aliphatic rings. The maximum absolute atomic E-state index is 12.4. The van der Waals surface area contributed by atoms with E-state index >= 15 is 0 Å². The minimum absolute atomic E-state index is 0.0435. The molecule has 1 heterocycles. The number of aromatic nitrogens is 3. The van der Waals surface area contributed by atoms with Gasteiger partial charge in [0, 0.05) is 12.6 Å². The Morgan fingerprint density at radius 2 is 1.93 bits per heavy atom. The zero-order valence-corrected chi connectivity index (χ0v) is 17.9.